The quantitative estimate of drug-likeness (QED) is 0.606. The molecule has 0 aliphatic carbocycles. The van der Waals surface area contributed by atoms with E-state index in [1.807, 2.05) is 56.1 Å². The molecular weight excluding hydrogens is 362 g/mol. The molecule has 140 valence electrons. The molecule has 3 aromatic rings. The lowest BCUT2D eigenvalue weighted by molar-refractivity contribution is 0.414. The Morgan fingerprint density at radius 1 is 1.19 bits per heavy atom. The summed E-state index contributed by atoms with van der Waals surface area (Å²) in [5.41, 5.74) is 1.25. The van der Waals surface area contributed by atoms with Crippen LogP contribution in [0.2, 0.25) is 0 Å². The van der Waals surface area contributed by atoms with Crippen molar-refractivity contribution in [3.63, 3.8) is 0 Å². The summed E-state index contributed by atoms with van der Waals surface area (Å²) in [7, 11) is 3.57. The van der Waals surface area contributed by atoms with Crippen LogP contribution in [0.15, 0.2) is 57.7 Å². The lowest BCUT2D eigenvalue weighted by Gasteiger charge is -2.15. The molecule has 0 aliphatic heterocycles. The molecule has 2 heterocycles. The van der Waals surface area contributed by atoms with Gasteiger partial charge in [-0.3, -0.25) is 9.36 Å². The largest absolute Gasteiger partial charge is 0.497 e. The molecule has 8 heteroatoms. The van der Waals surface area contributed by atoms with Crippen LogP contribution >= 0.6 is 11.8 Å². The highest BCUT2D eigenvalue weighted by Crippen LogP contribution is 2.27. The molecule has 7 nitrogen and oxygen atoms in total. The van der Waals surface area contributed by atoms with Gasteiger partial charge >= 0.3 is 0 Å². The summed E-state index contributed by atoms with van der Waals surface area (Å²) in [6.45, 7) is 4.70. The van der Waals surface area contributed by atoms with E-state index in [0.717, 1.165) is 23.8 Å². The van der Waals surface area contributed by atoms with Crippen molar-refractivity contribution in [2.45, 2.75) is 23.8 Å². The van der Waals surface area contributed by atoms with Gasteiger partial charge in [0, 0.05) is 19.7 Å². The van der Waals surface area contributed by atoms with Crippen LogP contribution in [0.1, 0.15) is 12.6 Å². The maximum absolute atomic E-state index is 13.0. The molecule has 0 amide bonds. The topological polar surface area (TPSA) is 73.1 Å². The fourth-order valence-corrected chi connectivity index (χ4v) is 3.28. The highest BCUT2D eigenvalue weighted by atomic mass is 32.2. The van der Waals surface area contributed by atoms with Crippen molar-refractivity contribution in [2.75, 3.05) is 25.6 Å². The van der Waals surface area contributed by atoms with E-state index >= 15 is 0 Å². The average Bonchev–Trinajstić information content (AvgIpc) is 2.71. The van der Waals surface area contributed by atoms with Gasteiger partial charge in [-0.05, 0) is 38.1 Å². The fourth-order valence-electron chi connectivity index (χ4n) is 2.42. The van der Waals surface area contributed by atoms with E-state index < -0.39 is 0 Å². The van der Waals surface area contributed by atoms with Gasteiger partial charge in [0.25, 0.3) is 5.56 Å². The number of benzene rings is 1. The van der Waals surface area contributed by atoms with Crippen LogP contribution in [0.25, 0.3) is 5.69 Å². The molecule has 0 bridgehead atoms. The minimum absolute atomic E-state index is 0.137. The van der Waals surface area contributed by atoms with Crippen LogP contribution in [0.4, 0.5) is 5.82 Å². The third-order valence-corrected chi connectivity index (χ3v) is 5.27. The van der Waals surface area contributed by atoms with E-state index in [-0.39, 0.29) is 5.56 Å². The first kappa shape index (κ1) is 18.9. The van der Waals surface area contributed by atoms with Gasteiger partial charge in [0.2, 0.25) is 0 Å². The minimum Gasteiger partial charge on any atom is -0.497 e. The number of ether oxygens (including phenoxy) is 1. The molecule has 0 spiro atoms. The maximum Gasteiger partial charge on any atom is 0.272 e. The van der Waals surface area contributed by atoms with Crippen molar-refractivity contribution in [1.29, 1.82) is 0 Å². The maximum atomic E-state index is 13.0. The number of methoxy groups -OCH3 is 1. The zero-order chi connectivity index (χ0) is 19.4. The molecule has 0 aliphatic rings. The van der Waals surface area contributed by atoms with Crippen molar-refractivity contribution in [3.8, 4) is 11.4 Å². The van der Waals surface area contributed by atoms with Crippen LogP contribution in [-0.2, 0) is 0 Å². The van der Waals surface area contributed by atoms with E-state index in [1.54, 1.807) is 13.4 Å². The van der Waals surface area contributed by atoms with Gasteiger partial charge in [-0.2, -0.15) is 0 Å². The first-order chi connectivity index (χ1) is 13.0. The van der Waals surface area contributed by atoms with Gasteiger partial charge < -0.3 is 9.64 Å². The van der Waals surface area contributed by atoms with Crippen LogP contribution in [0.3, 0.4) is 0 Å². The second-order valence-electron chi connectivity index (χ2n) is 5.86. The van der Waals surface area contributed by atoms with Gasteiger partial charge in [-0.1, -0.05) is 11.8 Å². The number of aromatic nitrogens is 4. The predicted octanol–water partition coefficient (Wildman–Crippen LogP) is 2.95. The molecular formula is C19H21N5O2S. The predicted molar refractivity (Wildman–Crippen MR) is 106 cm³/mol. The molecule has 2 aromatic heterocycles. The molecule has 0 atom stereocenters. The molecule has 3 rings (SSSR count). The van der Waals surface area contributed by atoms with Crippen LogP contribution in [0.5, 0.6) is 5.75 Å². The number of rotatable bonds is 6. The zero-order valence-corrected chi connectivity index (χ0v) is 16.5. The summed E-state index contributed by atoms with van der Waals surface area (Å²) in [5, 5.41) is 0.704. The van der Waals surface area contributed by atoms with Gasteiger partial charge in [-0.25, -0.2) is 15.0 Å². The highest BCUT2D eigenvalue weighted by molar-refractivity contribution is 7.99. The van der Waals surface area contributed by atoms with Crippen molar-refractivity contribution >= 4 is 17.6 Å². The third-order valence-electron chi connectivity index (χ3n) is 4.16. The normalized spacial score (nSPS) is 10.7. The fraction of sp³-hybridized carbons (Fsp3) is 0.263. The highest BCUT2D eigenvalue weighted by Gasteiger charge is 2.13. The Kier molecular flexibility index (Phi) is 5.75. The number of hydrogen-bond acceptors (Lipinski definition) is 7. The molecule has 0 saturated carbocycles. The smallest absolute Gasteiger partial charge is 0.272 e. The van der Waals surface area contributed by atoms with Crippen molar-refractivity contribution in [1.82, 2.24) is 19.5 Å². The Labute approximate surface area is 162 Å². The number of nitrogens with zero attached hydrogens (tertiary/aromatic N) is 5. The van der Waals surface area contributed by atoms with Gasteiger partial charge in [0.05, 0.1) is 18.5 Å². The second kappa shape index (κ2) is 8.22. The Balaban J connectivity index is 1.98. The molecule has 0 radical (unpaired) electrons. The average molecular weight is 383 g/mol. The Bertz CT molecular complexity index is 988. The van der Waals surface area contributed by atoms with Crippen LogP contribution in [-0.4, -0.2) is 40.2 Å². The summed E-state index contributed by atoms with van der Waals surface area (Å²) in [5.74, 6) is 1.54. The van der Waals surface area contributed by atoms with Gasteiger partial charge in [-0.15, -0.1) is 0 Å². The number of aryl methyl sites for hydroxylation is 1. The summed E-state index contributed by atoms with van der Waals surface area (Å²) < 4.78 is 6.69. The summed E-state index contributed by atoms with van der Waals surface area (Å²) in [6.07, 6.45) is 3.05. The SMILES string of the molecule is CCN(C)c1cc(Sc2c(C)ncn(-c3ccc(OC)cc3)c2=O)ncn1. The summed E-state index contributed by atoms with van der Waals surface area (Å²) in [4.78, 5) is 28.5. The molecule has 0 N–H and O–H groups in total. The monoisotopic (exact) mass is 383 g/mol. The van der Waals surface area contributed by atoms with Crippen LogP contribution in [0, 0.1) is 6.92 Å². The second-order valence-corrected chi connectivity index (χ2v) is 6.89. The Morgan fingerprint density at radius 2 is 1.93 bits per heavy atom. The first-order valence-electron chi connectivity index (χ1n) is 8.47. The lowest BCUT2D eigenvalue weighted by Crippen LogP contribution is -2.21. The standard InChI is InChI=1S/C19H21N5O2S/c1-5-23(3)16-10-17(21-11-20-16)27-18-13(2)22-12-24(19(18)25)14-6-8-15(26-4)9-7-14/h6-12H,5H2,1-4H3. The van der Waals surface area contributed by atoms with E-state index in [2.05, 4.69) is 15.0 Å². The van der Waals surface area contributed by atoms with Crippen molar-refractivity contribution < 1.29 is 4.74 Å². The van der Waals surface area contributed by atoms with Gasteiger partial charge in [0.1, 0.15) is 34.1 Å². The molecule has 1 aromatic carbocycles. The first-order valence-corrected chi connectivity index (χ1v) is 9.28. The Hall–Kier alpha value is -2.87. The van der Waals surface area contributed by atoms with E-state index in [9.17, 15) is 4.79 Å². The molecule has 27 heavy (non-hydrogen) atoms. The zero-order valence-electron chi connectivity index (χ0n) is 15.7. The summed E-state index contributed by atoms with van der Waals surface area (Å²) in [6, 6.07) is 9.14. The molecule has 0 saturated heterocycles. The minimum atomic E-state index is -0.137. The molecule has 0 fully saturated rings. The van der Waals surface area contributed by atoms with E-state index in [0.29, 0.717) is 15.6 Å². The van der Waals surface area contributed by atoms with Gasteiger partial charge in [0.15, 0.2) is 0 Å². The van der Waals surface area contributed by atoms with Crippen LogP contribution < -0.4 is 15.2 Å². The van der Waals surface area contributed by atoms with Crippen molar-refractivity contribution in [3.05, 3.63) is 59.0 Å². The molecule has 0 unspecified atom stereocenters. The Morgan fingerprint density at radius 3 is 2.59 bits per heavy atom. The summed E-state index contributed by atoms with van der Waals surface area (Å²) >= 11 is 1.30. The van der Waals surface area contributed by atoms with E-state index in [1.165, 1.54) is 22.7 Å². The lowest BCUT2D eigenvalue weighted by atomic mass is 10.3. The number of hydrogen-bond donors (Lipinski definition) is 0. The van der Waals surface area contributed by atoms with E-state index in [4.69, 9.17) is 4.74 Å². The van der Waals surface area contributed by atoms with Crippen molar-refractivity contribution in [2.24, 2.45) is 0 Å². The number of anilines is 1. The third kappa shape index (κ3) is 4.11.